The lowest BCUT2D eigenvalue weighted by molar-refractivity contribution is 0.611. The fourth-order valence-electron chi connectivity index (χ4n) is 1.70. The third-order valence-corrected chi connectivity index (χ3v) is 2.87. The molecule has 2 rings (SSSR count). The highest BCUT2D eigenvalue weighted by Crippen LogP contribution is 2.09. The highest BCUT2D eigenvalue weighted by molar-refractivity contribution is 5.23. The van der Waals surface area contributed by atoms with Crippen molar-refractivity contribution in [3.8, 4) is 0 Å². The Labute approximate surface area is 107 Å². The Morgan fingerprint density at radius 2 is 1.78 bits per heavy atom. The lowest BCUT2D eigenvalue weighted by atomic mass is 10.1. The van der Waals surface area contributed by atoms with E-state index >= 15 is 0 Å². The number of halogens is 1. The molecule has 0 atom stereocenters. The van der Waals surface area contributed by atoms with Gasteiger partial charge in [0.25, 0.3) is 0 Å². The second kappa shape index (κ2) is 5.74. The molecule has 1 heterocycles. The van der Waals surface area contributed by atoms with Crippen LogP contribution in [0.3, 0.4) is 0 Å². The number of nitrogens with zero attached hydrogens (tertiary/aromatic N) is 1. The van der Waals surface area contributed by atoms with Crippen molar-refractivity contribution in [2.24, 2.45) is 0 Å². The summed E-state index contributed by atoms with van der Waals surface area (Å²) < 4.78 is 13.3. The summed E-state index contributed by atoms with van der Waals surface area (Å²) in [5.41, 5.74) is 3.78. The van der Waals surface area contributed by atoms with Gasteiger partial charge >= 0.3 is 0 Å². The molecule has 94 valence electrons. The van der Waals surface area contributed by atoms with E-state index in [1.807, 2.05) is 31.3 Å². The normalized spacial score (nSPS) is 10.6. The van der Waals surface area contributed by atoms with Crippen molar-refractivity contribution in [1.82, 2.24) is 10.3 Å². The Morgan fingerprint density at radius 1 is 1.06 bits per heavy atom. The van der Waals surface area contributed by atoms with Crippen LogP contribution >= 0.6 is 0 Å². The third kappa shape index (κ3) is 3.37. The summed E-state index contributed by atoms with van der Waals surface area (Å²) >= 11 is 0. The molecule has 18 heavy (non-hydrogen) atoms. The van der Waals surface area contributed by atoms with Crippen LogP contribution in [0, 0.1) is 19.7 Å². The zero-order chi connectivity index (χ0) is 13.0. The Morgan fingerprint density at radius 3 is 2.44 bits per heavy atom. The number of hydrogen-bond donors (Lipinski definition) is 1. The standard InChI is InChI=1S/C15H17FN2/c1-11-3-5-13(7-15(11)16)8-17-9-14-6-4-12(2)18-10-14/h3-7,10,17H,8-9H2,1-2H3. The molecule has 0 spiro atoms. The van der Waals surface area contributed by atoms with Gasteiger partial charge in [0.15, 0.2) is 0 Å². The van der Waals surface area contributed by atoms with E-state index in [2.05, 4.69) is 10.3 Å². The van der Waals surface area contributed by atoms with Crippen LogP contribution in [-0.2, 0) is 13.1 Å². The van der Waals surface area contributed by atoms with Crippen molar-refractivity contribution in [1.29, 1.82) is 0 Å². The van der Waals surface area contributed by atoms with E-state index < -0.39 is 0 Å². The second-order valence-corrected chi connectivity index (χ2v) is 4.49. The molecule has 0 radical (unpaired) electrons. The molecule has 0 saturated carbocycles. The number of pyridine rings is 1. The van der Waals surface area contributed by atoms with Gasteiger partial charge in [0.05, 0.1) is 0 Å². The van der Waals surface area contributed by atoms with Gasteiger partial charge in [0.1, 0.15) is 5.82 Å². The first-order chi connectivity index (χ1) is 8.65. The number of rotatable bonds is 4. The first kappa shape index (κ1) is 12.7. The number of benzene rings is 1. The number of hydrogen-bond acceptors (Lipinski definition) is 2. The van der Waals surface area contributed by atoms with Gasteiger partial charge in [-0.15, -0.1) is 0 Å². The predicted octanol–water partition coefficient (Wildman–Crippen LogP) is 3.13. The van der Waals surface area contributed by atoms with Gasteiger partial charge in [0, 0.05) is 25.0 Å². The van der Waals surface area contributed by atoms with Crippen molar-refractivity contribution in [2.45, 2.75) is 26.9 Å². The Bertz CT molecular complexity index is 521. The molecule has 0 aliphatic rings. The number of aryl methyl sites for hydroxylation is 2. The average Bonchev–Trinajstić information content (AvgIpc) is 2.36. The summed E-state index contributed by atoms with van der Waals surface area (Å²) in [6.45, 7) is 5.13. The van der Waals surface area contributed by atoms with Crippen LogP contribution in [0.5, 0.6) is 0 Å². The number of nitrogens with one attached hydrogen (secondary N) is 1. The van der Waals surface area contributed by atoms with Crippen LogP contribution in [-0.4, -0.2) is 4.98 Å². The maximum absolute atomic E-state index is 13.3. The van der Waals surface area contributed by atoms with Gasteiger partial charge < -0.3 is 5.32 Å². The van der Waals surface area contributed by atoms with E-state index in [1.54, 1.807) is 19.1 Å². The predicted molar refractivity (Wildman–Crippen MR) is 70.7 cm³/mol. The highest BCUT2D eigenvalue weighted by Gasteiger charge is 1.99. The van der Waals surface area contributed by atoms with Crippen LogP contribution < -0.4 is 5.32 Å². The Kier molecular flexibility index (Phi) is 4.05. The minimum Gasteiger partial charge on any atom is -0.309 e. The van der Waals surface area contributed by atoms with Crippen LogP contribution in [0.2, 0.25) is 0 Å². The summed E-state index contributed by atoms with van der Waals surface area (Å²) in [7, 11) is 0. The van der Waals surface area contributed by atoms with E-state index in [1.165, 1.54) is 0 Å². The fraction of sp³-hybridized carbons (Fsp3) is 0.267. The first-order valence-corrected chi connectivity index (χ1v) is 6.02. The van der Waals surface area contributed by atoms with Crippen molar-refractivity contribution in [3.05, 3.63) is 64.7 Å². The minimum absolute atomic E-state index is 0.147. The van der Waals surface area contributed by atoms with E-state index in [-0.39, 0.29) is 5.82 Å². The monoisotopic (exact) mass is 244 g/mol. The fourth-order valence-corrected chi connectivity index (χ4v) is 1.70. The molecule has 2 nitrogen and oxygen atoms in total. The van der Waals surface area contributed by atoms with Gasteiger partial charge in [-0.2, -0.15) is 0 Å². The van der Waals surface area contributed by atoms with Crippen molar-refractivity contribution >= 4 is 0 Å². The molecule has 0 unspecified atom stereocenters. The molecule has 2 aromatic rings. The molecule has 1 N–H and O–H groups in total. The largest absolute Gasteiger partial charge is 0.309 e. The Balaban J connectivity index is 1.88. The van der Waals surface area contributed by atoms with E-state index in [0.29, 0.717) is 12.1 Å². The molecule has 0 aliphatic heterocycles. The van der Waals surface area contributed by atoms with Gasteiger partial charge in [-0.3, -0.25) is 4.98 Å². The SMILES string of the molecule is Cc1ccc(CNCc2ccc(C)c(F)c2)cn1. The lowest BCUT2D eigenvalue weighted by Crippen LogP contribution is -2.13. The quantitative estimate of drug-likeness (QED) is 0.893. The summed E-state index contributed by atoms with van der Waals surface area (Å²) in [5.74, 6) is -0.147. The molecule has 0 bridgehead atoms. The first-order valence-electron chi connectivity index (χ1n) is 6.02. The average molecular weight is 244 g/mol. The molecule has 0 aliphatic carbocycles. The summed E-state index contributed by atoms with van der Waals surface area (Å²) in [6, 6.07) is 9.36. The molecule has 1 aromatic carbocycles. The van der Waals surface area contributed by atoms with Crippen LogP contribution in [0.15, 0.2) is 36.5 Å². The molecule has 0 saturated heterocycles. The molecule has 1 aromatic heterocycles. The van der Waals surface area contributed by atoms with E-state index in [0.717, 1.165) is 23.4 Å². The third-order valence-electron chi connectivity index (χ3n) is 2.87. The van der Waals surface area contributed by atoms with Crippen LogP contribution in [0.1, 0.15) is 22.4 Å². The van der Waals surface area contributed by atoms with Crippen molar-refractivity contribution < 1.29 is 4.39 Å². The zero-order valence-corrected chi connectivity index (χ0v) is 10.7. The lowest BCUT2D eigenvalue weighted by Gasteiger charge is -2.06. The molecular weight excluding hydrogens is 227 g/mol. The summed E-state index contributed by atoms with van der Waals surface area (Å²) in [5, 5.41) is 3.28. The smallest absolute Gasteiger partial charge is 0.126 e. The molecular formula is C15H17FN2. The molecule has 3 heteroatoms. The van der Waals surface area contributed by atoms with Crippen LogP contribution in [0.4, 0.5) is 4.39 Å². The topological polar surface area (TPSA) is 24.9 Å². The maximum atomic E-state index is 13.3. The minimum atomic E-state index is -0.147. The van der Waals surface area contributed by atoms with Gasteiger partial charge in [-0.25, -0.2) is 4.39 Å². The summed E-state index contributed by atoms with van der Waals surface area (Å²) in [6.07, 6.45) is 1.86. The van der Waals surface area contributed by atoms with Crippen LogP contribution in [0.25, 0.3) is 0 Å². The molecule has 0 fully saturated rings. The van der Waals surface area contributed by atoms with Crippen molar-refractivity contribution in [3.63, 3.8) is 0 Å². The van der Waals surface area contributed by atoms with Gasteiger partial charge in [-0.1, -0.05) is 18.2 Å². The van der Waals surface area contributed by atoms with E-state index in [9.17, 15) is 4.39 Å². The van der Waals surface area contributed by atoms with Gasteiger partial charge in [-0.05, 0) is 42.7 Å². The maximum Gasteiger partial charge on any atom is 0.126 e. The molecule has 0 amide bonds. The van der Waals surface area contributed by atoms with Gasteiger partial charge in [0.2, 0.25) is 0 Å². The number of aromatic nitrogens is 1. The Hall–Kier alpha value is -1.74. The zero-order valence-electron chi connectivity index (χ0n) is 10.7. The second-order valence-electron chi connectivity index (χ2n) is 4.49. The van der Waals surface area contributed by atoms with E-state index in [4.69, 9.17) is 0 Å². The van der Waals surface area contributed by atoms with Crippen molar-refractivity contribution in [2.75, 3.05) is 0 Å². The summed E-state index contributed by atoms with van der Waals surface area (Å²) in [4.78, 5) is 4.23. The highest BCUT2D eigenvalue weighted by atomic mass is 19.1.